The molecule has 0 saturated heterocycles. The van der Waals surface area contributed by atoms with E-state index in [1.165, 1.54) is 0 Å². The van der Waals surface area contributed by atoms with E-state index in [2.05, 4.69) is 0 Å². The molecule has 0 atom stereocenters. The number of hydrogen-bond donors (Lipinski definition) is 0. The molecule has 0 aliphatic heterocycles. The zero-order valence-corrected chi connectivity index (χ0v) is 9.77. The van der Waals surface area contributed by atoms with Gasteiger partial charge in [0.2, 0.25) is 0 Å². The minimum atomic E-state index is 0. The molecule has 0 aromatic rings. The van der Waals surface area contributed by atoms with Crippen LogP contribution in [-0.2, 0) is 21.9 Å². The molecule has 0 heterocycles. The van der Waals surface area contributed by atoms with Crippen molar-refractivity contribution in [2.75, 3.05) is 0 Å². The van der Waals surface area contributed by atoms with E-state index in [-0.39, 0.29) is 22.9 Å². The molecule has 80 valence electrons. The monoisotopic (exact) mass is 242 g/mol. The fourth-order valence-corrected chi connectivity index (χ4v) is 1.08. The first-order chi connectivity index (χ1) is 6.84. The molecule has 10 radical (unpaired) electrons. The molecule has 0 spiro atoms. The summed E-state index contributed by atoms with van der Waals surface area (Å²) in [5, 5.41) is 0. The van der Waals surface area contributed by atoms with Gasteiger partial charge in [-0.05, 0) is 57.8 Å². The van der Waals surface area contributed by atoms with E-state index >= 15 is 0 Å². The van der Waals surface area contributed by atoms with Gasteiger partial charge in [-0.25, -0.2) is 0 Å². The summed E-state index contributed by atoms with van der Waals surface area (Å²) in [6, 6.07) is 0. The van der Waals surface area contributed by atoms with Crippen molar-refractivity contribution >= 4 is 5.78 Å². The molecule has 0 N–H and O–H groups in total. The van der Waals surface area contributed by atoms with Gasteiger partial charge in [-0.3, -0.25) is 4.79 Å². The van der Waals surface area contributed by atoms with Crippen molar-refractivity contribution in [1.82, 2.24) is 0 Å². The summed E-state index contributed by atoms with van der Waals surface area (Å²) in [4.78, 5) is 10.9. The summed E-state index contributed by atoms with van der Waals surface area (Å²) in [6.07, 6.45) is 18.0. The Bertz CT molecular complexity index is 150. The van der Waals surface area contributed by atoms with Crippen LogP contribution >= 0.6 is 0 Å². The molecule has 15 heavy (non-hydrogen) atoms. The van der Waals surface area contributed by atoms with Gasteiger partial charge in [0.25, 0.3) is 0 Å². The van der Waals surface area contributed by atoms with E-state index in [0.717, 1.165) is 5.92 Å². The second-order valence-corrected chi connectivity index (χ2v) is 2.91. The van der Waals surface area contributed by atoms with Gasteiger partial charge in [0.15, 0.2) is 0 Å². The number of hydrogen-bond acceptors (Lipinski definition) is 1. The summed E-state index contributed by atoms with van der Waals surface area (Å²) in [6.45, 7) is 1.87. The van der Waals surface area contributed by atoms with Crippen LogP contribution in [0.1, 0.15) is 13.3 Å². The number of carbonyl (C=O) groups is 1. The second kappa shape index (κ2) is 9.42. The Morgan fingerprint density at radius 2 is 1.33 bits per heavy atom. The third kappa shape index (κ3) is 6.37. The second-order valence-electron chi connectivity index (χ2n) is 2.91. The number of ketones is 1. The van der Waals surface area contributed by atoms with E-state index < -0.39 is 0 Å². The average Bonchev–Trinajstić information content (AvgIpc) is 2.91. The molecular weight excluding hydrogens is 228 g/mol. The van der Waals surface area contributed by atoms with E-state index in [0.29, 0.717) is 6.42 Å². The maximum absolute atomic E-state index is 10.9. The van der Waals surface area contributed by atoms with Gasteiger partial charge in [-0.2, -0.15) is 0 Å². The van der Waals surface area contributed by atoms with E-state index in [4.69, 9.17) is 0 Å². The minimum absolute atomic E-state index is 0. The molecule has 0 aromatic heterocycles. The van der Waals surface area contributed by atoms with Gasteiger partial charge in [0.05, 0.1) is 0 Å². The number of Topliss-reactive ketones (excluding diaryl/α,β-unsaturated/α-hetero) is 1. The molecule has 2 saturated carbocycles. The Morgan fingerprint density at radius 3 is 1.67 bits per heavy atom. The zero-order valence-electron chi connectivity index (χ0n) is 8.67. The van der Waals surface area contributed by atoms with Crippen LogP contribution in [0.15, 0.2) is 0 Å². The molecule has 2 heteroatoms. The molecular formula is C13H14FeO. The van der Waals surface area contributed by atoms with Gasteiger partial charge in [-0.1, -0.05) is 6.92 Å². The normalized spacial score (nSPS) is 20.3. The molecule has 2 aliphatic rings. The average molecular weight is 242 g/mol. The summed E-state index contributed by atoms with van der Waals surface area (Å²) in [5.74, 6) is 1.05. The van der Waals surface area contributed by atoms with E-state index in [1.807, 2.05) is 64.7 Å². The van der Waals surface area contributed by atoms with Crippen LogP contribution in [0.2, 0.25) is 0 Å². The van der Waals surface area contributed by atoms with E-state index in [9.17, 15) is 4.79 Å². The van der Waals surface area contributed by atoms with Gasteiger partial charge < -0.3 is 0 Å². The predicted octanol–water partition coefficient (Wildman–Crippen LogP) is 2.39. The van der Waals surface area contributed by atoms with Gasteiger partial charge in [-0.15, -0.1) is 0 Å². The van der Waals surface area contributed by atoms with Crippen molar-refractivity contribution in [2.45, 2.75) is 13.3 Å². The Labute approximate surface area is 105 Å². The minimum Gasteiger partial charge on any atom is -0.299 e. The molecule has 0 aromatic carbocycles. The predicted molar refractivity (Wildman–Crippen MR) is 57.2 cm³/mol. The van der Waals surface area contributed by atoms with Crippen LogP contribution in [0.4, 0.5) is 0 Å². The Balaban J connectivity index is 0.000000280. The van der Waals surface area contributed by atoms with Crippen LogP contribution in [0.25, 0.3) is 0 Å². The first-order valence-electron chi connectivity index (χ1n) is 4.76. The Hall–Kier alpha value is 0.189. The quantitative estimate of drug-likeness (QED) is 0.679. The van der Waals surface area contributed by atoms with Gasteiger partial charge in [0.1, 0.15) is 5.78 Å². The topological polar surface area (TPSA) is 17.1 Å². The van der Waals surface area contributed by atoms with Crippen LogP contribution in [0, 0.1) is 63.7 Å². The Kier molecular flexibility index (Phi) is 9.54. The smallest absolute Gasteiger partial charge is 0.140 e. The summed E-state index contributed by atoms with van der Waals surface area (Å²) in [5.41, 5.74) is 0. The van der Waals surface area contributed by atoms with Crippen molar-refractivity contribution in [3.05, 3.63) is 63.7 Å². The first kappa shape index (κ1) is 15.2. The zero-order chi connectivity index (χ0) is 10.2. The molecule has 2 aliphatic carbocycles. The molecule has 0 bridgehead atoms. The summed E-state index contributed by atoms with van der Waals surface area (Å²) >= 11 is 0. The van der Waals surface area contributed by atoms with Crippen molar-refractivity contribution in [3.63, 3.8) is 0 Å². The van der Waals surface area contributed by atoms with Crippen LogP contribution in [0.5, 0.6) is 0 Å². The van der Waals surface area contributed by atoms with Crippen LogP contribution in [0.3, 0.4) is 0 Å². The molecule has 0 amide bonds. The standard InChI is InChI=1S/C8H9O.C5H5.Fe/c1-2-8(9)7-5-3-4-6-7;1-2-4-5-3-1;/h3-6H,2H2,1H3;1-5H;. The molecule has 2 fully saturated rings. The van der Waals surface area contributed by atoms with Gasteiger partial charge in [0, 0.05) is 29.4 Å². The largest absolute Gasteiger partial charge is 0.299 e. The van der Waals surface area contributed by atoms with Crippen LogP contribution in [-0.4, -0.2) is 5.78 Å². The van der Waals surface area contributed by atoms with Crippen molar-refractivity contribution in [1.29, 1.82) is 0 Å². The fraction of sp³-hybridized carbons (Fsp3) is 0.154. The van der Waals surface area contributed by atoms with Crippen molar-refractivity contribution in [3.8, 4) is 0 Å². The summed E-state index contributed by atoms with van der Waals surface area (Å²) in [7, 11) is 0. The molecule has 1 nitrogen and oxygen atoms in total. The third-order valence-corrected chi connectivity index (χ3v) is 1.86. The fourth-order valence-electron chi connectivity index (χ4n) is 1.08. The Morgan fingerprint density at radius 1 is 0.933 bits per heavy atom. The summed E-state index contributed by atoms with van der Waals surface area (Å²) < 4.78 is 0. The molecule has 0 unspecified atom stereocenters. The SMILES string of the molecule is CCC(=O)[C]1[CH][CH][CH][CH]1.[CH]1[CH][CH][CH][CH]1.[Fe]. The first-order valence-corrected chi connectivity index (χ1v) is 4.76. The number of carbonyl (C=O) groups excluding carboxylic acids is 1. The third-order valence-electron chi connectivity index (χ3n) is 1.86. The number of rotatable bonds is 2. The maximum atomic E-state index is 10.9. The van der Waals surface area contributed by atoms with E-state index in [1.54, 1.807) is 0 Å². The van der Waals surface area contributed by atoms with Crippen molar-refractivity contribution in [2.24, 2.45) is 0 Å². The molecule has 2 rings (SSSR count). The van der Waals surface area contributed by atoms with Crippen LogP contribution < -0.4 is 0 Å². The maximum Gasteiger partial charge on any atom is 0.140 e. The van der Waals surface area contributed by atoms with Crippen molar-refractivity contribution < 1.29 is 21.9 Å². The van der Waals surface area contributed by atoms with Gasteiger partial charge >= 0.3 is 0 Å².